The van der Waals surface area contributed by atoms with Crippen molar-refractivity contribution in [1.82, 2.24) is 0 Å². The number of hydrogen-bond donors (Lipinski definition) is 0. The first kappa shape index (κ1) is 10.7. The van der Waals surface area contributed by atoms with Crippen molar-refractivity contribution in [3.05, 3.63) is 34.6 Å². The molecule has 0 aliphatic carbocycles. The third kappa shape index (κ3) is 1.91. The quantitative estimate of drug-likeness (QED) is 0.557. The summed E-state index contributed by atoms with van der Waals surface area (Å²) in [4.78, 5) is 11.3. The van der Waals surface area contributed by atoms with Crippen LogP contribution in [0.3, 0.4) is 0 Å². The molecule has 1 rings (SSSR count). The molecule has 72 valence electrons. The molecule has 0 atom stereocenters. The minimum Gasteiger partial charge on any atom is -0.293 e. The lowest BCUT2D eigenvalue weighted by Crippen LogP contribution is -2.06. The molecule has 1 aromatic carbocycles. The van der Waals surface area contributed by atoms with Crippen LogP contribution in [-0.2, 0) is 0 Å². The summed E-state index contributed by atoms with van der Waals surface area (Å²) in [6, 6.07) is 4.02. The van der Waals surface area contributed by atoms with Crippen molar-refractivity contribution in [3.63, 3.8) is 0 Å². The molecule has 2 nitrogen and oxygen atoms in total. The fourth-order valence-electron chi connectivity index (χ4n) is 1.27. The molecule has 0 aromatic heterocycles. The highest BCUT2D eigenvalue weighted by atomic mass is 35.5. The Bertz CT molecular complexity index is 423. The monoisotopic (exact) mass is 211 g/mol. The van der Waals surface area contributed by atoms with E-state index in [1.54, 1.807) is 13.0 Å². The molecule has 0 bridgehead atoms. The summed E-state index contributed by atoms with van der Waals surface area (Å²) in [5.41, 5.74) is 0.684. The third-order valence-electron chi connectivity index (χ3n) is 1.82. The molecule has 0 saturated carbocycles. The highest BCUT2D eigenvalue weighted by Crippen LogP contribution is 2.17. The summed E-state index contributed by atoms with van der Waals surface area (Å²) in [5.74, 6) is -1.09. The van der Waals surface area contributed by atoms with Crippen LogP contribution in [-0.4, -0.2) is 11.7 Å². The topological polar surface area (TPSA) is 40.9 Å². The number of rotatable bonds is 2. The second-order valence-electron chi connectivity index (χ2n) is 2.81. The van der Waals surface area contributed by atoms with Crippen LogP contribution in [0.4, 0.5) is 4.39 Å². The zero-order valence-corrected chi connectivity index (χ0v) is 8.23. The number of halogens is 2. The maximum Gasteiger partial charge on any atom is 0.179 e. The van der Waals surface area contributed by atoms with E-state index in [1.807, 2.05) is 0 Å². The van der Waals surface area contributed by atoms with E-state index in [0.29, 0.717) is 5.56 Å². The second-order valence-corrected chi connectivity index (χ2v) is 3.08. The maximum atomic E-state index is 12.9. The van der Waals surface area contributed by atoms with Gasteiger partial charge in [0.05, 0.1) is 17.5 Å². The zero-order valence-electron chi connectivity index (χ0n) is 7.47. The average molecular weight is 212 g/mol. The summed E-state index contributed by atoms with van der Waals surface area (Å²) in [5, 5.41) is 8.70. The van der Waals surface area contributed by atoms with E-state index in [0.717, 1.165) is 6.07 Å². The van der Waals surface area contributed by atoms with Gasteiger partial charge in [-0.3, -0.25) is 4.79 Å². The molecule has 0 saturated heterocycles. The molecule has 4 heteroatoms. The van der Waals surface area contributed by atoms with Crippen LogP contribution < -0.4 is 0 Å². The smallest absolute Gasteiger partial charge is 0.179 e. The van der Waals surface area contributed by atoms with Crippen molar-refractivity contribution >= 4 is 17.4 Å². The van der Waals surface area contributed by atoms with Gasteiger partial charge in [-0.2, -0.15) is 5.26 Å². The third-order valence-corrected chi connectivity index (χ3v) is 2.06. The van der Waals surface area contributed by atoms with E-state index in [9.17, 15) is 9.18 Å². The van der Waals surface area contributed by atoms with E-state index in [2.05, 4.69) is 0 Å². The highest BCUT2D eigenvalue weighted by molar-refractivity contribution is 6.30. The number of Topliss-reactive ketones (excluding diaryl/α,β-unsaturated/α-hetero) is 1. The van der Waals surface area contributed by atoms with Gasteiger partial charge in [0.15, 0.2) is 5.78 Å². The summed E-state index contributed by atoms with van der Waals surface area (Å²) >= 11 is 5.37. The number of hydrogen-bond acceptors (Lipinski definition) is 2. The Morgan fingerprint density at radius 1 is 1.64 bits per heavy atom. The number of ketones is 1. The van der Waals surface area contributed by atoms with Crippen molar-refractivity contribution in [2.75, 3.05) is 5.88 Å². The van der Waals surface area contributed by atoms with Crippen molar-refractivity contribution in [3.8, 4) is 6.07 Å². The van der Waals surface area contributed by atoms with Crippen LogP contribution in [0.25, 0.3) is 0 Å². The molecule has 14 heavy (non-hydrogen) atoms. The summed E-state index contributed by atoms with van der Waals surface area (Å²) in [6.45, 7) is 1.57. The van der Waals surface area contributed by atoms with Gasteiger partial charge in [-0.05, 0) is 24.6 Å². The second kappa shape index (κ2) is 4.21. The van der Waals surface area contributed by atoms with Crippen LogP contribution in [0.15, 0.2) is 12.1 Å². The van der Waals surface area contributed by atoms with E-state index < -0.39 is 5.82 Å². The fraction of sp³-hybridized carbons (Fsp3) is 0.200. The number of carbonyl (C=O) groups excluding carboxylic acids is 1. The van der Waals surface area contributed by atoms with Crippen LogP contribution >= 0.6 is 11.6 Å². The Morgan fingerprint density at radius 2 is 2.29 bits per heavy atom. The van der Waals surface area contributed by atoms with Gasteiger partial charge in [0.2, 0.25) is 0 Å². The maximum absolute atomic E-state index is 12.9. The minimum atomic E-state index is -0.523. The lowest BCUT2D eigenvalue weighted by atomic mass is 9.99. The predicted molar refractivity (Wildman–Crippen MR) is 50.9 cm³/mol. The number of alkyl halides is 1. The predicted octanol–water partition coefficient (Wildman–Crippen LogP) is 2.43. The van der Waals surface area contributed by atoms with E-state index >= 15 is 0 Å². The fourth-order valence-corrected chi connectivity index (χ4v) is 1.40. The van der Waals surface area contributed by atoms with Crippen molar-refractivity contribution in [2.24, 2.45) is 0 Å². The lowest BCUT2D eigenvalue weighted by molar-refractivity contribution is 0.102. The van der Waals surface area contributed by atoms with Crippen molar-refractivity contribution in [1.29, 1.82) is 5.26 Å². The van der Waals surface area contributed by atoms with Gasteiger partial charge in [0, 0.05) is 5.56 Å². The van der Waals surface area contributed by atoms with Gasteiger partial charge in [0.1, 0.15) is 5.82 Å². The number of nitriles is 1. The lowest BCUT2D eigenvalue weighted by Gasteiger charge is -2.04. The zero-order chi connectivity index (χ0) is 10.7. The first-order valence-corrected chi connectivity index (χ1v) is 4.43. The summed E-state index contributed by atoms with van der Waals surface area (Å²) in [7, 11) is 0. The molecule has 0 heterocycles. The molecule has 0 N–H and O–H groups in total. The molecular weight excluding hydrogens is 205 g/mol. The average Bonchev–Trinajstić information content (AvgIpc) is 2.15. The van der Waals surface area contributed by atoms with E-state index in [-0.39, 0.29) is 22.8 Å². The van der Waals surface area contributed by atoms with Gasteiger partial charge in [0.25, 0.3) is 0 Å². The number of benzene rings is 1. The van der Waals surface area contributed by atoms with Gasteiger partial charge in [-0.25, -0.2) is 4.39 Å². The van der Waals surface area contributed by atoms with E-state index in [1.165, 1.54) is 6.07 Å². The molecule has 0 spiro atoms. The Balaban J connectivity index is 3.42. The Morgan fingerprint density at radius 3 is 2.79 bits per heavy atom. The van der Waals surface area contributed by atoms with Gasteiger partial charge in [-0.15, -0.1) is 11.6 Å². The Kier molecular flexibility index (Phi) is 3.21. The van der Waals surface area contributed by atoms with E-state index in [4.69, 9.17) is 16.9 Å². The van der Waals surface area contributed by atoms with Gasteiger partial charge < -0.3 is 0 Å². The molecule has 1 aromatic rings. The van der Waals surface area contributed by atoms with Crippen LogP contribution in [0, 0.1) is 24.1 Å². The molecule has 0 radical (unpaired) electrons. The molecule has 0 aliphatic rings. The van der Waals surface area contributed by atoms with Crippen LogP contribution in [0.2, 0.25) is 0 Å². The molecule has 0 aliphatic heterocycles. The Hall–Kier alpha value is -1.40. The van der Waals surface area contributed by atoms with Crippen LogP contribution in [0.5, 0.6) is 0 Å². The highest BCUT2D eigenvalue weighted by Gasteiger charge is 2.14. The number of nitrogens with zero attached hydrogens (tertiary/aromatic N) is 1. The van der Waals surface area contributed by atoms with Crippen LogP contribution in [0.1, 0.15) is 21.5 Å². The molecule has 0 unspecified atom stereocenters. The normalized spacial score (nSPS) is 9.57. The first-order valence-electron chi connectivity index (χ1n) is 3.89. The number of aryl methyl sites for hydroxylation is 1. The van der Waals surface area contributed by atoms with Crippen molar-refractivity contribution < 1.29 is 9.18 Å². The molecule has 0 amide bonds. The summed E-state index contributed by atoms with van der Waals surface area (Å²) < 4.78 is 12.9. The molecular formula is C10H7ClFNO. The minimum absolute atomic E-state index is 0.0353. The SMILES string of the molecule is Cc1cc(F)cc(C#N)c1C(=O)CCl. The van der Waals surface area contributed by atoms with Gasteiger partial charge in [-0.1, -0.05) is 0 Å². The number of carbonyl (C=O) groups is 1. The molecule has 0 fully saturated rings. The van der Waals surface area contributed by atoms with Gasteiger partial charge >= 0.3 is 0 Å². The largest absolute Gasteiger partial charge is 0.293 e. The standard InChI is InChI=1S/C10H7ClFNO/c1-6-2-8(12)3-7(5-13)10(6)9(14)4-11/h2-3H,4H2,1H3. The summed E-state index contributed by atoms with van der Waals surface area (Å²) in [6.07, 6.45) is 0. The Labute approximate surface area is 85.9 Å². The van der Waals surface area contributed by atoms with Crippen molar-refractivity contribution in [2.45, 2.75) is 6.92 Å². The first-order chi connectivity index (χ1) is 6.60.